The van der Waals surface area contributed by atoms with E-state index in [2.05, 4.69) is 60.7 Å². The molecule has 0 unspecified atom stereocenters. The second-order valence-corrected chi connectivity index (χ2v) is 9.43. The van der Waals surface area contributed by atoms with Gasteiger partial charge >= 0.3 is 0 Å². The summed E-state index contributed by atoms with van der Waals surface area (Å²) in [7, 11) is 0. The predicted octanol–water partition coefficient (Wildman–Crippen LogP) is 6.56. The zero-order valence-electron chi connectivity index (χ0n) is 15.1. The zero-order valence-corrected chi connectivity index (χ0v) is 15.1. The quantitative estimate of drug-likeness (QED) is 0.436. The normalized spacial score (nSPS) is 35.8. The van der Waals surface area contributed by atoms with E-state index in [9.17, 15) is 0 Å². The minimum atomic E-state index is 0.292. The molecule has 3 aromatic rings. The lowest BCUT2D eigenvalue weighted by Gasteiger charge is -2.61. The van der Waals surface area contributed by atoms with Gasteiger partial charge in [0.2, 0.25) is 0 Å². The highest BCUT2D eigenvalue weighted by Gasteiger charge is 2.61. The summed E-state index contributed by atoms with van der Waals surface area (Å²) < 4.78 is 0. The molecule has 3 aromatic carbocycles. The van der Waals surface area contributed by atoms with Crippen LogP contribution in [0.25, 0.3) is 21.9 Å². The Morgan fingerprint density at radius 2 is 1.31 bits per heavy atom. The maximum absolute atomic E-state index is 2.48. The summed E-state index contributed by atoms with van der Waals surface area (Å²) in [6, 6.07) is 23.3. The van der Waals surface area contributed by atoms with Crippen molar-refractivity contribution in [1.29, 1.82) is 0 Å². The van der Waals surface area contributed by atoms with Crippen LogP contribution in [0, 0.1) is 23.7 Å². The number of hydrogen-bond donors (Lipinski definition) is 0. The molecule has 4 saturated carbocycles. The molecule has 0 radical (unpaired) electrons. The molecule has 5 aliphatic rings. The second kappa shape index (κ2) is 4.60. The van der Waals surface area contributed by atoms with E-state index >= 15 is 0 Å². The summed E-state index contributed by atoms with van der Waals surface area (Å²) in [6.45, 7) is 0. The van der Waals surface area contributed by atoms with E-state index in [1.165, 1.54) is 54.0 Å². The van der Waals surface area contributed by atoms with Crippen molar-refractivity contribution in [2.75, 3.05) is 0 Å². The minimum Gasteiger partial charge on any atom is -0.0619 e. The second-order valence-electron chi connectivity index (χ2n) is 9.43. The molecule has 0 heterocycles. The fourth-order valence-electron chi connectivity index (χ4n) is 7.93. The maximum Gasteiger partial charge on any atom is 0.0278 e. The Hall–Kier alpha value is -2.08. The number of benzene rings is 3. The topological polar surface area (TPSA) is 0 Å². The smallest absolute Gasteiger partial charge is 0.0278 e. The van der Waals surface area contributed by atoms with E-state index in [0.717, 1.165) is 23.7 Å². The Labute approximate surface area is 155 Å². The van der Waals surface area contributed by atoms with Crippen molar-refractivity contribution in [2.24, 2.45) is 23.7 Å². The number of fused-ring (bicyclic) bond motifs is 5. The van der Waals surface area contributed by atoms with Gasteiger partial charge in [-0.05, 0) is 88.8 Å². The third-order valence-corrected chi connectivity index (χ3v) is 8.43. The van der Waals surface area contributed by atoms with Crippen LogP contribution in [0.4, 0.5) is 0 Å². The first kappa shape index (κ1) is 14.0. The molecule has 8 rings (SSSR count). The van der Waals surface area contributed by atoms with Gasteiger partial charge in [0.05, 0.1) is 0 Å². The Morgan fingerprint density at radius 1 is 0.615 bits per heavy atom. The van der Waals surface area contributed by atoms with E-state index in [-0.39, 0.29) is 0 Å². The lowest BCUT2D eigenvalue weighted by Crippen LogP contribution is -2.55. The summed E-state index contributed by atoms with van der Waals surface area (Å²) in [5.74, 6) is 3.72. The van der Waals surface area contributed by atoms with Crippen LogP contribution in [-0.4, -0.2) is 0 Å². The van der Waals surface area contributed by atoms with Crippen LogP contribution in [-0.2, 0) is 5.41 Å². The maximum atomic E-state index is 2.48. The molecule has 26 heavy (non-hydrogen) atoms. The van der Waals surface area contributed by atoms with Gasteiger partial charge < -0.3 is 0 Å². The number of hydrogen-bond acceptors (Lipinski definition) is 0. The van der Waals surface area contributed by atoms with Gasteiger partial charge in [0.25, 0.3) is 0 Å². The molecule has 0 aliphatic heterocycles. The van der Waals surface area contributed by atoms with Crippen molar-refractivity contribution < 1.29 is 0 Å². The lowest BCUT2D eigenvalue weighted by atomic mass is 9.43. The largest absolute Gasteiger partial charge is 0.0619 e. The average molecular weight is 336 g/mol. The molecule has 0 atom stereocenters. The predicted molar refractivity (Wildman–Crippen MR) is 107 cm³/mol. The fraction of sp³-hybridized carbons (Fsp3) is 0.385. The molecule has 0 aromatic heterocycles. The van der Waals surface area contributed by atoms with E-state index in [4.69, 9.17) is 0 Å². The molecule has 4 fully saturated rings. The van der Waals surface area contributed by atoms with Crippen LogP contribution >= 0.6 is 0 Å². The highest BCUT2D eigenvalue weighted by molar-refractivity contribution is 5.98. The molecule has 5 aliphatic carbocycles. The molecule has 0 heteroatoms. The van der Waals surface area contributed by atoms with Crippen LogP contribution in [0.1, 0.15) is 43.2 Å². The Kier molecular flexibility index (Phi) is 2.48. The van der Waals surface area contributed by atoms with Crippen molar-refractivity contribution >= 4 is 10.8 Å². The minimum absolute atomic E-state index is 0.292. The van der Waals surface area contributed by atoms with E-state index in [1.54, 1.807) is 11.1 Å². The van der Waals surface area contributed by atoms with E-state index < -0.39 is 0 Å². The SMILES string of the molecule is c1ccc2c(c1)-c1ccc3ccccc3c1C21C2CC3CC(C2)CC1C3. The van der Waals surface area contributed by atoms with Crippen LogP contribution < -0.4 is 0 Å². The summed E-state index contributed by atoms with van der Waals surface area (Å²) in [5.41, 5.74) is 6.72. The number of rotatable bonds is 0. The van der Waals surface area contributed by atoms with Gasteiger partial charge in [-0.1, -0.05) is 60.7 Å². The molecule has 128 valence electrons. The van der Waals surface area contributed by atoms with Gasteiger partial charge in [-0.2, -0.15) is 0 Å². The van der Waals surface area contributed by atoms with Crippen LogP contribution in [0.5, 0.6) is 0 Å². The average Bonchev–Trinajstić information content (AvgIpc) is 2.97. The molecular weight excluding hydrogens is 312 g/mol. The molecule has 4 bridgehead atoms. The molecule has 0 N–H and O–H groups in total. The van der Waals surface area contributed by atoms with Crippen LogP contribution in [0.2, 0.25) is 0 Å². The van der Waals surface area contributed by atoms with Gasteiger partial charge in [0.1, 0.15) is 0 Å². The Balaban J connectivity index is 1.64. The Morgan fingerprint density at radius 3 is 2.12 bits per heavy atom. The van der Waals surface area contributed by atoms with Crippen LogP contribution in [0.15, 0.2) is 60.7 Å². The van der Waals surface area contributed by atoms with Crippen molar-refractivity contribution in [1.82, 2.24) is 0 Å². The fourth-order valence-corrected chi connectivity index (χ4v) is 7.93. The van der Waals surface area contributed by atoms with Gasteiger partial charge in [0.15, 0.2) is 0 Å². The standard InChI is InChI=1S/C26H24/c1-2-6-21-18(5-1)9-10-23-22-7-3-4-8-24(22)26(25(21)23)19-12-16-11-17(14-19)15-20(26)13-16/h1-10,16-17,19-20H,11-15H2. The van der Waals surface area contributed by atoms with Gasteiger partial charge in [-0.25, -0.2) is 0 Å². The lowest BCUT2D eigenvalue weighted by molar-refractivity contribution is -0.0393. The zero-order chi connectivity index (χ0) is 16.9. The van der Waals surface area contributed by atoms with Crippen LogP contribution in [0.3, 0.4) is 0 Å². The summed E-state index contributed by atoms with van der Waals surface area (Å²) in [4.78, 5) is 0. The van der Waals surface area contributed by atoms with Crippen molar-refractivity contribution in [3.05, 3.63) is 71.8 Å². The summed E-state index contributed by atoms with van der Waals surface area (Å²) >= 11 is 0. The first-order valence-electron chi connectivity index (χ1n) is 10.5. The van der Waals surface area contributed by atoms with Crippen molar-refractivity contribution in [3.8, 4) is 11.1 Å². The molecule has 1 spiro atoms. The van der Waals surface area contributed by atoms with Gasteiger partial charge in [-0.15, -0.1) is 0 Å². The summed E-state index contributed by atoms with van der Waals surface area (Å²) in [5, 5.41) is 2.95. The molecule has 0 amide bonds. The highest BCUT2D eigenvalue weighted by Crippen LogP contribution is 2.70. The van der Waals surface area contributed by atoms with Crippen molar-refractivity contribution in [2.45, 2.75) is 37.5 Å². The Bertz CT molecular complexity index is 1030. The van der Waals surface area contributed by atoms with Crippen molar-refractivity contribution in [3.63, 3.8) is 0 Å². The van der Waals surface area contributed by atoms with Gasteiger partial charge in [0, 0.05) is 5.41 Å². The summed E-state index contributed by atoms with van der Waals surface area (Å²) in [6.07, 6.45) is 7.37. The molecule has 0 nitrogen and oxygen atoms in total. The first-order chi connectivity index (χ1) is 12.9. The highest BCUT2D eigenvalue weighted by atomic mass is 14.6. The van der Waals surface area contributed by atoms with E-state index in [0.29, 0.717) is 5.41 Å². The molecule has 0 saturated heterocycles. The first-order valence-corrected chi connectivity index (χ1v) is 10.5. The monoisotopic (exact) mass is 336 g/mol. The van der Waals surface area contributed by atoms with Gasteiger partial charge in [-0.3, -0.25) is 0 Å². The third kappa shape index (κ3) is 1.47. The van der Waals surface area contributed by atoms with E-state index in [1.807, 2.05) is 0 Å². The third-order valence-electron chi connectivity index (χ3n) is 8.43. The molecular formula is C26H24.